The first kappa shape index (κ1) is 20.8. The van der Waals surface area contributed by atoms with Gasteiger partial charge in [-0.15, -0.1) is 0 Å². The number of pyridine rings is 1. The van der Waals surface area contributed by atoms with Crippen LogP contribution in [0.25, 0.3) is 22.6 Å². The van der Waals surface area contributed by atoms with Crippen molar-refractivity contribution in [3.05, 3.63) is 72.6 Å². The molecule has 0 spiro atoms. The molecule has 1 saturated carbocycles. The van der Waals surface area contributed by atoms with E-state index < -0.39 is 0 Å². The van der Waals surface area contributed by atoms with Crippen LogP contribution in [0.3, 0.4) is 0 Å². The molecule has 1 aliphatic heterocycles. The van der Waals surface area contributed by atoms with Crippen molar-refractivity contribution in [1.82, 2.24) is 24.5 Å². The second-order valence-corrected chi connectivity index (χ2v) is 8.97. The zero-order valence-corrected chi connectivity index (χ0v) is 19.0. The SMILES string of the molecule is CN(c1nccc(-c2c(-c3ccc(F)cc3)nc3n2C(CNc2ccccn2)CC3)n1)C1CC1. The summed E-state index contributed by atoms with van der Waals surface area (Å²) in [7, 11) is 2.05. The molecule has 0 bridgehead atoms. The molecule has 1 aromatic carbocycles. The third-order valence-corrected chi connectivity index (χ3v) is 6.65. The Balaban J connectivity index is 1.42. The predicted molar refractivity (Wildman–Crippen MR) is 130 cm³/mol. The maximum atomic E-state index is 13.7. The number of imidazole rings is 1. The maximum absolute atomic E-state index is 13.7. The van der Waals surface area contributed by atoms with Crippen molar-refractivity contribution >= 4 is 11.8 Å². The van der Waals surface area contributed by atoms with E-state index in [4.69, 9.17) is 9.97 Å². The van der Waals surface area contributed by atoms with Crippen LogP contribution >= 0.6 is 0 Å². The Labute approximate surface area is 197 Å². The average Bonchev–Trinajstić information content (AvgIpc) is 3.55. The second kappa shape index (κ2) is 8.52. The zero-order valence-electron chi connectivity index (χ0n) is 19.0. The number of fused-ring (bicyclic) bond motifs is 1. The van der Waals surface area contributed by atoms with Crippen molar-refractivity contribution in [2.75, 3.05) is 23.8 Å². The van der Waals surface area contributed by atoms with Gasteiger partial charge in [-0.2, -0.15) is 0 Å². The van der Waals surface area contributed by atoms with E-state index in [9.17, 15) is 4.39 Å². The summed E-state index contributed by atoms with van der Waals surface area (Å²) in [5.74, 6) is 2.34. The van der Waals surface area contributed by atoms with Gasteiger partial charge >= 0.3 is 0 Å². The van der Waals surface area contributed by atoms with Crippen LogP contribution in [0, 0.1) is 5.82 Å². The molecule has 0 saturated heterocycles. The van der Waals surface area contributed by atoms with E-state index in [2.05, 4.69) is 31.8 Å². The Morgan fingerprint density at radius 2 is 1.85 bits per heavy atom. The summed E-state index contributed by atoms with van der Waals surface area (Å²) < 4.78 is 16.0. The van der Waals surface area contributed by atoms with Crippen molar-refractivity contribution in [3.63, 3.8) is 0 Å². The van der Waals surface area contributed by atoms with E-state index in [1.807, 2.05) is 30.5 Å². The quantitative estimate of drug-likeness (QED) is 0.434. The Morgan fingerprint density at radius 1 is 1.00 bits per heavy atom. The zero-order chi connectivity index (χ0) is 23.1. The highest BCUT2D eigenvalue weighted by Gasteiger charge is 2.32. The molecular weight excluding hydrogens is 429 g/mol. The van der Waals surface area contributed by atoms with Crippen LogP contribution in [0.5, 0.6) is 0 Å². The van der Waals surface area contributed by atoms with Crippen LogP contribution in [0.2, 0.25) is 0 Å². The number of nitrogens with zero attached hydrogens (tertiary/aromatic N) is 6. The Hall–Kier alpha value is -3.81. The molecule has 1 aliphatic carbocycles. The van der Waals surface area contributed by atoms with Crippen LogP contribution in [0.4, 0.5) is 16.2 Å². The van der Waals surface area contributed by atoms with Crippen molar-refractivity contribution in [1.29, 1.82) is 0 Å². The molecule has 172 valence electrons. The maximum Gasteiger partial charge on any atom is 0.225 e. The number of aromatic nitrogens is 5. The molecule has 1 atom stereocenters. The highest BCUT2D eigenvalue weighted by atomic mass is 19.1. The third-order valence-electron chi connectivity index (χ3n) is 6.65. The third kappa shape index (κ3) is 3.89. The lowest BCUT2D eigenvalue weighted by atomic mass is 10.1. The molecule has 4 heterocycles. The Morgan fingerprint density at radius 3 is 2.62 bits per heavy atom. The lowest BCUT2D eigenvalue weighted by Crippen LogP contribution is -2.22. The molecular formula is C26H26FN7. The minimum Gasteiger partial charge on any atom is -0.368 e. The van der Waals surface area contributed by atoms with Crippen LogP contribution in [-0.4, -0.2) is 44.1 Å². The molecule has 0 amide bonds. The highest BCUT2D eigenvalue weighted by molar-refractivity contribution is 5.78. The van der Waals surface area contributed by atoms with Crippen LogP contribution in [0.1, 0.15) is 31.1 Å². The number of hydrogen-bond acceptors (Lipinski definition) is 6. The summed E-state index contributed by atoms with van der Waals surface area (Å²) in [6.07, 6.45) is 7.82. The summed E-state index contributed by atoms with van der Waals surface area (Å²) in [4.78, 5) is 21.1. The molecule has 0 radical (unpaired) electrons. The lowest BCUT2D eigenvalue weighted by Gasteiger charge is -2.20. The molecule has 34 heavy (non-hydrogen) atoms. The number of hydrogen-bond donors (Lipinski definition) is 1. The van der Waals surface area contributed by atoms with E-state index >= 15 is 0 Å². The van der Waals surface area contributed by atoms with Crippen molar-refractivity contribution in [2.24, 2.45) is 0 Å². The van der Waals surface area contributed by atoms with Gasteiger partial charge in [-0.1, -0.05) is 6.07 Å². The molecule has 1 fully saturated rings. The molecule has 8 heteroatoms. The molecule has 3 aromatic heterocycles. The number of aryl methyl sites for hydroxylation is 1. The predicted octanol–water partition coefficient (Wildman–Crippen LogP) is 4.74. The van der Waals surface area contributed by atoms with Gasteiger partial charge < -0.3 is 14.8 Å². The smallest absolute Gasteiger partial charge is 0.225 e. The fraction of sp³-hybridized carbons (Fsp3) is 0.308. The summed E-state index contributed by atoms with van der Waals surface area (Å²) >= 11 is 0. The van der Waals surface area contributed by atoms with Gasteiger partial charge in [-0.3, -0.25) is 0 Å². The van der Waals surface area contributed by atoms with Crippen molar-refractivity contribution in [3.8, 4) is 22.6 Å². The van der Waals surface area contributed by atoms with Crippen LogP contribution in [-0.2, 0) is 6.42 Å². The topological polar surface area (TPSA) is 71.8 Å². The van der Waals surface area contributed by atoms with E-state index in [-0.39, 0.29) is 11.9 Å². The number of anilines is 2. The lowest BCUT2D eigenvalue weighted by molar-refractivity contribution is 0.557. The van der Waals surface area contributed by atoms with Gasteiger partial charge in [0.15, 0.2) is 0 Å². The molecule has 1 N–H and O–H groups in total. The minimum atomic E-state index is -0.259. The molecule has 7 nitrogen and oxygen atoms in total. The summed E-state index contributed by atoms with van der Waals surface area (Å²) in [5.41, 5.74) is 3.50. The fourth-order valence-electron chi connectivity index (χ4n) is 4.69. The first-order valence-electron chi connectivity index (χ1n) is 11.8. The first-order chi connectivity index (χ1) is 16.7. The van der Waals surface area contributed by atoms with Gasteiger partial charge in [0, 0.05) is 44.0 Å². The van der Waals surface area contributed by atoms with E-state index in [1.54, 1.807) is 18.3 Å². The Bertz CT molecular complexity index is 1300. The van der Waals surface area contributed by atoms with Crippen LogP contribution in [0.15, 0.2) is 60.9 Å². The molecule has 1 unspecified atom stereocenters. The van der Waals surface area contributed by atoms with Gasteiger partial charge in [-0.25, -0.2) is 24.3 Å². The summed E-state index contributed by atoms with van der Waals surface area (Å²) in [5, 5.41) is 3.47. The van der Waals surface area contributed by atoms with Crippen molar-refractivity contribution < 1.29 is 4.39 Å². The molecule has 4 aromatic rings. The number of benzene rings is 1. The minimum absolute atomic E-state index is 0.202. The Kier molecular flexibility index (Phi) is 5.20. The number of nitrogens with one attached hydrogen (secondary N) is 1. The number of halogens is 1. The standard InChI is InChI=1S/C26H26FN7/c1-33(19-9-10-19)26-29-15-13-21(31-26)25-24(17-5-7-18(27)8-6-17)32-23-12-11-20(34(23)25)16-30-22-4-2-3-14-28-22/h2-8,13-15,19-20H,9-12,16H2,1H3,(H,28,30). The highest BCUT2D eigenvalue weighted by Crippen LogP contribution is 2.39. The molecule has 6 rings (SSSR count). The van der Waals surface area contributed by atoms with Gasteiger partial charge in [0.05, 0.1) is 23.1 Å². The summed E-state index contributed by atoms with van der Waals surface area (Å²) in [6.45, 7) is 0.732. The van der Waals surface area contributed by atoms with Crippen LogP contribution < -0.4 is 10.2 Å². The normalized spacial score (nSPS) is 16.9. The van der Waals surface area contributed by atoms with Crippen molar-refractivity contribution in [2.45, 2.75) is 37.8 Å². The fourth-order valence-corrected chi connectivity index (χ4v) is 4.69. The van der Waals surface area contributed by atoms with Gasteiger partial charge in [0.1, 0.15) is 17.5 Å². The van der Waals surface area contributed by atoms with Gasteiger partial charge in [0.2, 0.25) is 5.95 Å². The second-order valence-electron chi connectivity index (χ2n) is 8.97. The summed E-state index contributed by atoms with van der Waals surface area (Å²) in [6, 6.07) is 15.1. The number of rotatable bonds is 7. The van der Waals surface area contributed by atoms with Gasteiger partial charge in [0.25, 0.3) is 0 Å². The average molecular weight is 456 g/mol. The first-order valence-corrected chi connectivity index (χ1v) is 11.8. The monoisotopic (exact) mass is 455 g/mol. The van der Waals surface area contributed by atoms with E-state index in [0.717, 1.165) is 59.6 Å². The van der Waals surface area contributed by atoms with Gasteiger partial charge in [-0.05, 0) is 61.7 Å². The molecule has 2 aliphatic rings. The van der Waals surface area contributed by atoms with E-state index in [1.165, 1.54) is 25.0 Å². The van der Waals surface area contributed by atoms with E-state index in [0.29, 0.717) is 6.04 Å². The largest absolute Gasteiger partial charge is 0.368 e.